The lowest BCUT2D eigenvalue weighted by Gasteiger charge is -2.13. The number of nitrogens with one attached hydrogen (secondary N) is 1. The van der Waals surface area contributed by atoms with Crippen molar-refractivity contribution < 1.29 is 31.1 Å². The number of halogens is 6. The van der Waals surface area contributed by atoms with Gasteiger partial charge in [0.15, 0.2) is 5.82 Å². The molecule has 0 atom stereocenters. The Labute approximate surface area is 183 Å². The molecule has 0 bridgehead atoms. The van der Waals surface area contributed by atoms with E-state index in [4.69, 9.17) is 0 Å². The van der Waals surface area contributed by atoms with Gasteiger partial charge in [-0.25, -0.2) is 9.67 Å². The summed E-state index contributed by atoms with van der Waals surface area (Å²) in [5.41, 5.74) is -1.48. The van der Waals surface area contributed by atoms with Gasteiger partial charge >= 0.3 is 12.4 Å². The molecule has 174 valence electrons. The number of nitrogens with zero attached hydrogens (tertiary/aromatic N) is 5. The first-order chi connectivity index (χ1) is 15.3. The zero-order valence-corrected chi connectivity index (χ0v) is 17.2. The summed E-state index contributed by atoms with van der Waals surface area (Å²) in [4.78, 5) is 24.1. The highest BCUT2D eigenvalue weighted by atomic mass is 19.4. The second-order valence-electron chi connectivity index (χ2n) is 6.92. The average molecular weight is 470 g/mol. The molecule has 7 nitrogen and oxygen atoms in total. The van der Waals surface area contributed by atoms with Crippen LogP contribution in [-0.2, 0) is 23.7 Å². The predicted molar refractivity (Wildman–Crippen MR) is 104 cm³/mol. The summed E-state index contributed by atoms with van der Waals surface area (Å²) < 4.78 is 79.2. The van der Waals surface area contributed by atoms with Gasteiger partial charge in [0.05, 0.1) is 34.8 Å². The highest BCUT2D eigenvalue weighted by Crippen LogP contribution is 2.38. The maximum absolute atomic E-state index is 13.0. The van der Waals surface area contributed by atoms with Crippen LogP contribution in [0.15, 0.2) is 36.8 Å². The third-order valence-electron chi connectivity index (χ3n) is 4.33. The Morgan fingerprint density at radius 2 is 1.67 bits per heavy atom. The number of carbonyl (C=O) groups is 1. The molecule has 2 aromatic heterocycles. The molecular formula is C20H16F6N6O. The Kier molecular flexibility index (Phi) is 6.51. The summed E-state index contributed by atoms with van der Waals surface area (Å²) in [5, 5.41) is 6.40. The smallest absolute Gasteiger partial charge is 0.347 e. The highest BCUT2D eigenvalue weighted by Gasteiger charge is 2.37. The maximum atomic E-state index is 13.0. The van der Waals surface area contributed by atoms with Crippen LogP contribution in [-0.4, -0.2) is 30.6 Å². The normalized spacial score (nSPS) is 12.4. The summed E-state index contributed by atoms with van der Waals surface area (Å²) in [5.74, 6) is -0.908. The van der Waals surface area contributed by atoms with Gasteiger partial charge in [-0.3, -0.25) is 14.8 Å². The van der Waals surface area contributed by atoms with Crippen molar-refractivity contribution in [2.75, 3.05) is 0 Å². The fourth-order valence-corrected chi connectivity index (χ4v) is 2.73. The molecule has 0 saturated heterocycles. The maximum Gasteiger partial charge on any atom is 0.416 e. The molecule has 33 heavy (non-hydrogen) atoms. The molecule has 0 spiro atoms. The van der Waals surface area contributed by atoms with Crippen LogP contribution in [0.25, 0.3) is 17.6 Å². The van der Waals surface area contributed by atoms with Crippen molar-refractivity contribution in [3.05, 3.63) is 65.0 Å². The fourth-order valence-electron chi connectivity index (χ4n) is 2.73. The number of aryl methyl sites for hydroxylation is 2. The van der Waals surface area contributed by atoms with Crippen LogP contribution in [0.2, 0.25) is 0 Å². The van der Waals surface area contributed by atoms with E-state index in [0.29, 0.717) is 23.5 Å². The van der Waals surface area contributed by atoms with Crippen LogP contribution in [0.3, 0.4) is 0 Å². The molecule has 0 fully saturated rings. The summed E-state index contributed by atoms with van der Waals surface area (Å²) in [6.07, 6.45) is -5.16. The van der Waals surface area contributed by atoms with Crippen LogP contribution in [0.5, 0.6) is 0 Å². The second kappa shape index (κ2) is 9.00. The molecular weight excluding hydrogens is 454 g/mol. The molecule has 0 aliphatic carbocycles. The first-order valence-electron chi connectivity index (χ1n) is 9.29. The summed E-state index contributed by atoms with van der Waals surface area (Å²) in [7, 11) is 0. The van der Waals surface area contributed by atoms with Crippen LogP contribution >= 0.6 is 0 Å². The molecule has 0 unspecified atom stereocenters. The molecule has 3 rings (SSSR count). The van der Waals surface area contributed by atoms with E-state index in [9.17, 15) is 31.1 Å². The van der Waals surface area contributed by atoms with Crippen LogP contribution in [0.4, 0.5) is 26.3 Å². The Hall–Kier alpha value is -3.77. The van der Waals surface area contributed by atoms with Gasteiger partial charge in [0.2, 0.25) is 5.91 Å². The van der Waals surface area contributed by atoms with Crippen molar-refractivity contribution in [3.63, 3.8) is 0 Å². The van der Waals surface area contributed by atoms with Crippen LogP contribution in [0, 0.1) is 13.8 Å². The van der Waals surface area contributed by atoms with Crippen molar-refractivity contribution in [2.24, 2.45) is 0 Å². The van der Waals surface area contributed by atoms with Crippen molar-refractivity contribution in [2.45, 2.75) is 32.7 Å². The monoisotopic (exact) mass is 470 g/mol. The Morgan fingerprint density at radius 3 is 2.24 bits per heavy atom. The van der Waals surface area contributed by atoms with Crippen molar-refractivity contribution in [1.82, 2.24) is 30.0 Å². The zero-order chi connectivity index (χ0) is 24.4. The van der Waals surface area contributed by atoms with E-state index >= 15 is 0 Å². The van der Waals surface area contributed by atoms with E-state index < -0.39 is 35.0 Å². The molecule has 2 heterocycles. The summed E-state index contributed by atoms with van der Waals surface area (Å²) >= 11 is 0. The van der Waals surface area contributed by atoms with E-state index in [0.717, 1.165) is 29.0 Å². The van der Waals surface area contributed by atoms with Gasteiger partial charge in [-0.05, 0) is 32.0 Å². The standard InChI is InChI=1S/C20H16F6N6O/c1-11-8-27-16(12(2)30-11)9-28-17(33)3-4-32-10-29-18(31-32)13-5-14(19(21,22)23)7-15(6-13)20(24,25)26/h3-8,10H,9H2,1-2H3,(H,28,33)/b4-3-. The minimum atomic E-state index is -4.99. The molecule has 0 radical (unpaired) electrons. The van der Waals surface area contributed by atoms with Gasteiger partial charge in [-0.15, -0.1) is 5.10 Å². The Morgan fingerprint density at radius 1 is 1.03 bits per heavy atom. The largest absolute Gasteiger partial charge is 0.416 e. The molecule has 0 aliphatic heterocycles. The molecule has 1 amide bonds. The van der Waals surface area contributed by atoms with E-state index in [-0.39, 0.29) is 18.4 Å². The molecule has 3 aromatic rings. The predicted octanol–water partition coefficient (Wildman–Crippen LogP) is 4.18. The minimum Gasteiger partial charge on any atom is -0.347 e. The third-order valence-corrected chi connectivity index (χ3v) is 4.33. The lowest BCUT2D eigenvalue weighted by molar-refractivity contribution is -0.143. The number of alkyl halides is 6. The van der Waals surface area contributed by atoms with E-state index in [1.54, 1.807) is 20.0 Å². The Balaban J connectivity index is 1.75. The van der Waals surface area contributed by atoms with E-state index in [1.807, 2.05) is 0 Å². The van der Waals surface area contributed by atoms with Gasteiger partial charge in [0.25, 0.3) is 0 Å². The minimum absolute atomic E-state index is 0.0187. The second-order valence-corrected chi connectivity index (χ2v) is 6.92. The fraction of sp³-hybridized carbons (Fsp3) is 0.250. The first-order valence-corrected chi connectivity index (χ1v) is 9.29. The van der Waals surface area contributed by atoms with Crippen molar-refractivity contribution in [3.8, 4) is 11.4 Å². The van der Waals surface area contributed by atoms with Gasteiger partial charge in [0, 0.05) is 24.0 Å². The first kappa shape index (κ1) is 23.9. The lowest BCUT2D eigenvalue weighted by Crippen LogP contribution is -2.22. The molecule has 13 heteroatoms. The van der Waals surface area contributed by atoms with Gasteiger partial charge in [-0.2, -0.15) is 26.3 Å². The number of hydrogen-bond donors (Lipinski definition) is 1. The summed E-state index contributed by atoms with van der Waals surface area (Å²) in [6, 6.07) is 1.07. The number of carbonyl (C=O) groups excluding carboxylic acids is 1. The third kappa shape index (κ3) is 6.14. The zero-order valence-electron chi connectivity index (χ0n) is 17.2. The Bertz CT molecular complexity index is 1170. The topological polar surface area (TPSA) is 85.6 Å². The number of hydrogen-bond acceptors (Lipinski definition) is 5. The van der Waals surface area contributed by atoms with Crippen molar-refractivity contribution in [1.29, 1.82) is 0 Å². The number of rotatable bonds is 5. The molecule has 1 N–H and O–H groups in total. The number of aromatic nitrogens is 5. The molecule has 1 aromatic carbocycles. The van der Waals surface area contributed by atoms with Crippen LogP contribution in [0.1, 0.15) is 28.2 Å². The molecule has 0 saturated carbocycles. The number of amides is 1. The van der Waals surface area contributed by atoms with E-state index in [1.165, 1.54) is 0 Å². The quantitative estimate of drug-likeness (QED) is 0.447. The SMILES string of the molecule is Cc1cnc(CNC(=O)/C=C\n2cnc(-c3cc(C(F)(F)F)cc(C(F)(F)F)c3)n2)c(C)n1. The van der Waals surface area contributed by atoms with Gasteiger partial charge < -0.3 is 5.32 Å². The average Bonchev–Trinajstić information content (AvgIpc) is 3.19. The lowest BCUT2D eigenvalue weighted by atomic mass is 10.0. The van der Waals surface area contributed by atoms with Crippen molar-refractivity contribution >= 4 is 12.1 Å². The highest BCUT2D eigenvalue weighted by molar-refractivity contribution is 5.89. The van der Waals surface area contributed by atoms with Crippen LogP contribution < -0.4 is 5.32 Å². The van der Waals surface area contributed by atoms with Gasteiger partial charge in [0.1, 0.15) is 6.33 Å². The summed E-state index contributed by atoms with van der Waals surface area (Å²) in [6.45, 7) is 3.63. The van der Waals surface area contributed by atoms with Gasteiger partial charge in [-0.1, -0.05) is 0 Å². The number of benzene rings is 1. The van der Waals surface area contributed by atoms with E-state index in [2.05, 4.69) is 25.4 Å². The molecule has 0 aliphatic rings.